The Hall–Kier alpha value is -0.720. The van der Waals surface area contributed by atoms with Gasteiger partial charge in [0.05, 0.1) is 0 Å². The molecule has 0 aliphatic carbocycles. The summed E-state index contributed by atoms with van der Waals surface area (Å²) >= 11 is 0. The van der Waals surface area contributed by atoms with E-state index >= 15 is 0 Å². The minimum absolute atomic E-state index is 0.477. The van der Waals surface area contributed by atoms with E-state index in [9.17, 15) is 0 Å². The molecule has 106 valence electrons. The molecule has 0 amide bonds. The van der Waals surface area contributed by atoms with E-state index in [1.165, 1.54) is 19.3 Å². The summed E-state index contributed by atoms with van der Waals surface area (Å²) in [6.07, 6.45) is 10.4. The maximum absolute atomic E-state index is 3.94. The lowest BCUT2D eigenvalue weighted by molar-refractivity contribution is 0.211. The summed E-state index contributed by atoms with van der Waals surface area (Å²) < 4.78 is 0. The monoisotopic (exact) mass is 251 g/mol. The van der Waals surface area contributed by atoms with Crippen molar-refractivity contribution < 1.29 is 0 Å². The molecule has 0 saturated carbocycles. The molecule has 0 spiro atoms. The van der Waals surface area contributed by atoms with Crippen LogP contribution in [0.5, 0.6) is 0 Å². The van der Waals surface area contributed by atoms with E-state index < -0.39 is 0 Å². The fourth-order valence-corrected chi connectivity index (χ4v) is 2.28. The van der Waals surface area contributed by atoms with Crippen molar-refractivity contribution in [1.82, 2.24) is 4.90 Å². The number of hydrogen-bond acceptors (Lipinski definition) is 1. The molecule has 0 aromatic rings. The second kappa shape index (κ2) is 9.24. The zero-order valence-corrected chi connectivity index (χ0v) is 13.3. The number of nitrogens with zero attached hydrogens (tertiary/aromatic N) is 1. The van der Waals surface area contributed by atoms with E-state index in [1.807, 2.05) is 0 Å². The van der Waals surface area contributed by atoms with Crippen molar-refractivity contribution >= 4 is 0 Å². The number of rotatable bonds is 9. The van der Waals surface area contributed by atoms with Crippen LogP contribution in [0.3, 0.4) is 0 Å². The van der Waals surface area contributed by atoms with Crippen molar-refractivity contribution in [3.8, 4) is 0 Å². The smallest absolute Gasteiger partial charge is 0.0258 e. The zero-order valence-electron chi connectivity index (χ0n) is 13.3. The lowest BCUT2D eigenvalue weighted by atomic mass is 9.96. The molecule has 3 atom stereocenters. The summed E-state index contributed by atoms with van der Waals surface area (Å²) in [6, 6.07) is 1.24. The Labute approximate surface area is 115 Å². The second-order valence-corrected chi connectivity index (χ2v) is 5.74. The summed E-state index contributed by atoms with van der Waals surface area (Å²) in [5.41, 5.74) is 0. The van der Waals surface area contributed by atoms with Gasteiger partial charge in [0.1, 0.15) is 0 Å². The summed E-state index contributed by atoms with van der Waals surface area (Å²) in [6.45, 7) is 17.6. The van der Waals surface area contributed by atoms with Crippen LogP contribution >= 0.6 is 0 Å². The third-order valence-corrected chi connectivity index (χ3v) is 3.84. The minimum Gasteiger partial charge on any atom is -0.372 e. The quantitative estimate of drug-likeness (QED) is 0.506. The Kier molecular flexibility index (Phi) is 8.87. The third kappa shape index (κ3) is 5.75. The highest BCUT2D eigenvalue weighted by Gasteiger charge is 2.15. The molecule has 1 heteroatoms. The van der Waals surface area contributed by atoms with Gasteiger partial charge in [-0.15, -0.1) is 6.58 Å². The highest BCUT2D eigenvalue weighted by molar-refractivity contribution is 5.00. The summed E-state index contributed by atoms with van der Waals surface area (Å²) in [5.74, 6) is 1.10. The summed E-state index contributed by atoms with van der Waals surface area (Å²) in [4.78, 5) is 2.52. The zero-order chi connectivity index (χ0) is 14.1. The molecule has 0 aliphatic rings. The molecule has 0 aromatic carbocycles. The molecule has 0 aromatic heterocycles. The highest BCUT2D eigenvalue weighted by Crippen LogP contribution is 2.18. The normalized spacial score (nSPS) is 16.8. The second-order valence-electron chi connectivity index (χ2n) is 5.74. The molecule has 3 unspecified atom stereocenters. The van der Waals surface area contributed by atoms with E-state index in [-0.39, 0.29) is 0 Å². The van der Waals surface area contributed by atoms with Gasteiger partial charge in [-0.3, -0.25) is 0 Å². The Morgan fingerprint density at radius 3 is 2.06 bits per heavy atom. The van der Waals surface area contributed by atoms with Crippen LogP contribution < -0.4 is 0 Å². The lowest BCUT2D eigenvalue weighted by Gasteiger charge is -2.33. The van der Waals surface area contributed by atoms with Crippen molar-refractivity contribution in [2.45, 2.75) is 72.9 Å². The summed E-state index contributed by atoms with van der Waals surface area (Å²) in [5, 5.41) is 0. The fourth-order valence-electron chi connectivity index (χ4n) is 2.28. The van der Waals surface area contributed by atoms with Gasteiger partial charge in [0.25, 0.3) is 0 Å². The number of allylic oxidation sites excluding steroid dienone is 2. The van der Waals surface area contributed by atoms with Crippen molar-refractivity contribution in [3.63, 3.8) is 0 Å². The Morgan fingerprint density at radius 2 is 1.67 bits per heavy atom. The summed E-state index contributed by atoms with van der Waals surface area (Å²) in [7, 11) is 0. The van der Waals surface area contributed by atoms with Gasteiger partial charge in [0.15, 0.2) is 0 Å². The Bertz CT molecular complexity index is 242. The molecule has 0 rings (SSSR count). The molecule has 0 bridgehead atoms. The van der Waals surface area contributed by atoms with Gasteiger partial charge in [0, 0.05) is 12.1 Å². The van der Waals surface area contributed by atoms with Gasteiger partial charge < -0.3 is 4.90 Å². The average Bonchev–Trinajstić information content (AvgIpc) is 2.33. The largest absolute Gasteiger partial charge is 0.372 e. The van der Waals surface area contributed by atoms with Crippen LogP contribution in [0.1, 0.15) is 60.8 Å². The van der Waals surface area contributed by atoms with E-state index in [0.29, 0.717) is 23.9 Å². The van der Waals surface area contributed by atoms with Gasteiger partial charge in [0.2, 0.25) is 0 Å². The van der Waals surface area contributed by atoms with E-state index in [2.05, 4.69) is 71.4 Å². The molecular formula is C17H33N. The van der Waals surface area contributed by atoms with Crippen LogP contribution in [0.2, 0.25) is 0 Å². The van der Waals surface area contributed by atoms with Crippen LogP contribution in [-0.4, -0.2) is 17.0 Å². The molecule has 1 nitrogen and oxygen atoms in total. The van der Waals surface area contributed by atoms with E-state index in [1.54, 1.807) is 0 Å². The van der Waals surface area contributed by atoms with Crippen LogP contribution in [0, 0.1) is 11.8 Å². The van der Waals surface area contributed by atoms with Crippen LogP contribution in [0.25, 0.3) is 0 Å². The first-order chi connectivity index (χ1) is 8.47. The van der Waals surface area contributed by atoms with Crippen molar-refractivity contribution in [2.24, 2.45) is 11.8 Å². The maximum Gasteiger partial charge on any atom is 0.0258 e. The van der Waals surface area contributed by atoms with E-state index in [0.717, 1.165) is 0 Å². The predicted octanol–water partition coefficient (Wildman–Crippen LogP) is 5.25. The molecule has 18 heavy (non-hydrogen) atoms. The molecule has 0 radical (unpaired) electrons. The van der Waals surface area contributed by atoms with Crippen molar-refractivity contribution in [1.29, 1.82) is 0 Å². The van der Waals surface area contributed by atoms with Gasteiger partial charge in [-0.25, -0.2) is 0 Å². The average molecular weight is 251 g/mol. The first-order valence-corrected chi connectivity index (χ1v) is 7.56. The van der Waals surface area contributed by atoms with Crippen LogP contribution in [-0.2, 0) is 0 Å². The van der Waals surface area contributed by atoms with E-state index in [4.69, 9.17) is 0 Å². The predicted molar refractivity (Wildman–Crippen MR) is 83.6 cm³/mol. The third-order valence-electron chi connectivity index (χ3n) is 3.84. The molecular weight excluding hydrogens is 218 g/mol. The van der Waals surface area contributed by atoms with Crippen LogP contribution in [0.4, 0.5) is 0 Å². The van der Waals surface area contributed by atoms with Crippen molar-refractivity contribution in [3.05, 3.63) is 24.9 Å². The minimum atomic E-state index is 0.477. The maximum atomic E-state index is 3.94. The van der Waals surface area contributed by atoms with Crippen molar-refractivity contribution in [2.75, 3.05) is 0 Å². The van der Waals surface area contributed by atoms with Gasteiger partial charge in [-0.2, -0.15) is 0 Å². The standard InChI is InChI=1S/C17H33N/c1-8-11-16(7)18(15(6)9-2)13-12-17(10-3)14(4)5/h10,12-17H,3,8-9,11H2,1-2,4-7H3/b13-12-. The number of hydrogen-bond donors (Lipinski definition) is 0. The van der Waals surface area contributed by atoms with Gasteiger partial charge in [-0.1, -0.05) is 46.3 Å². The molecule has 0 N–H and O–H groups in total. The van der Waals surface area contributed by atoms with Crippen LogP contribution in [0.15, 0.2) is 24.9 Å². The lowest BCUT2D eigenvalue weighted by Crippen LogP contribution is -2.35. The topological polar surface area (TPSA) is 3.24 Å². The highest BCUT2D eigenvalue weighted by atomic mass is 15.2. The Morgan fingerprint density at radius 1 is 1.06 bits per heavy atom. The Balaban J connectivity index is 4.76. The van der Waals surface area contributed by atoms with Gasteiger partial charge in [-0.05, 0) is 44.7 Å². The first kappa shape index (κ1) is 17.3. The first-order valence-electron chi connectivity index (χ1n) is 7.56. The SMILES string of the molecule is C=CC(/C=C\N(C(C)CC)C(C)CCC)C(C)C. The molecule has 0 saturated heterocycles. The molecule has 0 heterocycles. The fraction of sp³-hybridized carbons (Fsp3) is 0.765. The molecule has 0 aliphatic heterocycles. The molecule has 0 fully saturated rings. The van der Waals surface area contributed by atoms with Gasteiger partial charge >= 0.3 is 0 Å².